The molecular weight excluding hydrogens is 526 g/mol. The molecule has 0 unspecified atom stereocenters. The predicted octanol–water partition coefficient (Wildman–Crippen LogP) is 5.40. The van der Waals surface area contributed by atoms with Gasteiger partial charge in [0.1, 0.15) is 11.1 Å². The van der Waals surface area contributed by atoms with Crippen LogP contribution in [0.25, 0.3) is 22.4 Å². The van der Waals surface area contributed by atoms with Crippen LogP contribution in [0, 0.1) is 21.4 Å². The fourth-order valence-corrected chi connectivity index (χ4v) is 4.41. The molecule has 0 aliphatic heterocycles. The highest BCUT2D eigenvalue weighted by molar-refractivity contribution is 8.00. The molecule has 188 valence electrons. The molecule has 0 aliphatic rings. The number of hydrogen-bond donors (Lipinski definition) is 2. The number of halogens is 1. The first-order valence-electron chi connectivity index (χ1n) is 11.1. The maximum atomic E-state index is 12.5. The highest BCUT2D eigenvalue weighted by Crippen LogP contribution is 2.34. The van der Waals surface area contributed by atoms with Gasteiger partial charge in [0.25, 0.3) is 11.6 Å². The number of carbonyl (C=O) groups excluding carboxylic acids is 2. The number of nitro groups is 1. The van der Waals surface area contributed by atoms with Gasteiger partial charge in [0, 0.05) is 33.8 Å². The lowest BCUT2D eigenvalue weighted by molar-refractivity contribution is -0.384. The molecule has 0 spiro atoms. The van der Waals surface area contributed by atoms with E-state index in [0.717, 1.165) is 29.0 Å². The van der Waals surface area contributed by atoms with Crippen molar-refractivity contribution in [2.75, 3.05) is 5.75 Å². The monoisotopic (exact) mass is 543 g/mol. The van der Waals surface area contributed by atoms with Crippen LogP contribution in [0.15, 0.2) is 90.0 Å². The largest absolute Gasteiger partial charge is 0.272 e. The van der Waals surface area contributed by atoms with Crippen molar-refractivity contribution in [1.82, 2.24) is 15.8 Å². The molecule has 2 N–H and O–H groups in total. The normalized spacial score (nSPS) is 10.3. The molecule has 1 heterocycles. The quantitative estimate of drug-likeness (QED) is 0.181. The maximum absolute atomic E-state index is 12.5. The van der Waals surface area contributed by atoms with Gasteiger partial charge < -0.3 is 0 Å². The summed E-state index contributed by atoms with van der Waals surface area (Å²) in [4.78, 5) is 39.7. The summed E-state index contributed by atoms with van der Waals surface area (Å²) in [5, 5.41) is 21.8. The molecule has 3 aromatic carbocycles. The summed E-state index contributed by atoms with van der Waals surface area (Å²) < 4.78 is 0. The number of aromatic nitrogens is 1. The zero-order valence-electron chi connectivity index (χ0n) is 19.6. The Kier molecular flexibility index (Phi) is 8.33. The van der Waals surface area contributed by atoms with E-state index in [4.69, 9.17) is 11.6 Å². The Bertz CT molecular complexity index is 1560. The number of benzene rings is 3. The first-order chi connectivity index (χ1) is 18.4. The van der Waals surface area contributed by atoms with Gasteiger partial charge in [-0.15, -0.1) is 0 Å². The number of rotatable bonds is 7. The second kappa shape index (κ2) is 12.0. The first-order valence-corrected chi connectivity index (χ1v) is 12.4. The van der Waals surface area contributed by atoms with E-state index in [1.807, 2.05) is 36.4 Å². The lowest BCUT2D eigenvalue weighted by Crippen LogP contribution is -2.42. The topological polar surface area (TPSA) is 138 Å². The van der Waals surface area contributed by atoms with Crippen molar-refractivity contribution in [3.63, 3.8) is 0 Å². The lowest BCUT2D eigenvalue weighted by Gasteiger charge is -2.13. The average molecular weight is 544 g/mol. The molecule has 1 aromatic heterocycles. The van der Waals surface area contributed by atoms with E-state index in [-0.39, 0.29) is 17.0 Å². The Morgan fingerprint density at radius 3 is 2.39 bits per heavy atom. The Hall–Kier alpha value is -4.72. The van der Waals surface area contributed by atoms with Crippen LogP contribution in [0.1, 0.15) is 15.9 Å². The van der Waals surface area contributed by atoms with Crippen molar-refractivity contribution in [2.24, 2.45) is 0 Å². The molecule has 0 fully saturated rings. The smallest absolute Gasteiger partial charge is 0.270 e. The molecule has 0 aliphatic carbocycles. The standard InChI is InChI=1S/C27H18ClN5O4S/c28-20-11-9-17(10-12-20)22-14-24(18-5-2-1-3-6-18)30-27(23(22)15-29)38-16-25(34)31-32-26(35)19-7-4-8-21(13-19)33(36)37/h1-14H,16H2,(H,31,34)(H,32,35). The number of nitrogens with zero attached hydrogens (tertiary/aromatic N) is 3. The first kappa shape index (κ1) is 26.3. The molecule has 2 amide bonds. The van der Waals surface area contributed by atoms with Crippen molar-refractivity contribution in [3.05, 3.63) is 111 Å². The van der Waals surface area contributed by atoms with Gasteiger partial charge in [0.15, 0.2) is 0 Å². The molecular formula is C27H18ClN5O4S. The van der Waals surface area contributed by atoms with E-state index < -0.39 is 16.7 Å². The van der Waals surface area contributed by atoms with Crippen molar-refractivity contribution in [1.29, 1.82) is 5.26 Å². The molecule has 11 heteroatoms. The van der Waals surface area contributed by atoms with Crippen LogP contribution in [0.2, 0.25) is 5.02 Å². The third-order valence-corrected chi connectivity index (χ3v) is 6.52. The van der Waals surface area contributed by atoms with Crippen LogP contribution in [0.5, 0.6) is 0 Å². The Morgan fingerprint density at radius 2 is 1.71 bits per heavy atom. The third-order valence-electron chi connectivity index (χ3n) is 5.30. The van der Waals surface area contributed by atoms with E-state index >= 15 is 0 Å². The average Bonchev–Trinajstić information content (AvgIpc) is 2.95. The number of nitrogens with one attached hydrogen (secondary N) is 2. The van der Waals surface area contributed by atoms with E-state index in [9.17, 15) is 25.0 Å². The zero-order chi connectivity index (χ0) is 27.1. The highest BCUT2D eigenvalue weighted by Gasteiger charge is 2.18. The van der Waals surface area contributed by atoms with Gasteiger partial charge >= 0.3 is 0 Å². The Balaban J connectivity index is 1.54. The van der Waals surface area contributed by atoms with Crippen LogP contribution in [0.3, 0.4) is 0 Å². The van der Waals surface area contributed by atoms with Crippen molar-refractivity contribution in [2.45, 2.75) is 5.03 Å². The van der Waals surface area contributed by atoms with Crippen LogP contribution in [-0.4, -0.2) is 27.5 Å². The molecule has 0 saturated heterocycles. The molecule has 0 saturated carbocycles. The van der Waals surface area contributed by atoms with Gasteiger partial charge in [-0.1, -0.05) is 71.9 Å². The van der Waals surface area contributed by atoms with E-state index in [0.29, 0.717) is 26.9 Å². The molecule has 4 rings (SSSR count). The molecule has 0 atom stereocenters. The Morgan fingerprint density at radius 1 is 0.974 bits per heavy atom. The highest BCUT2D eigenvalue weighted by atomic mass is 35.5. The second-order valence-corrected chi connectivity index (χ2v) is 9.22. The van der Waals surface area contributed by atoms with Crippen LogP contribution in [-0.2, 0) is 4.79 Å². The molecule has 0 radical (unpaired) electrons. The second-order valence-electron chi connectivity index (χ2n) is 7.82. The van der Waals surface area contributed by atoms with E-state index in [1.54, 1.807) is 24.3 Å². The number of thioether (sulfide) groups is 1. The summed E-state index contributed by atoms with van der Waals surface area (Å²) in [5.74, 6) is -1.42. The third kappa shape index (κ3) is 6.34. The molecule has 38 heavy (non-hydrogen) atoms. The molecule has 9 nitrogen and oxygen atoms in total. The number of carbonyl (C=O) groups is 2. The summed E-state index contributed by atoms with van der Waals surface area (Å²) in [6, 6.07) is 25.6. The number of pyridine rings is 1. The van der Waals surface area contributed by atoms with Crippen LogP contribution < -0.4 is 10.9 Å². The zero-order valence-corrected chi connectivity index (χ0v) is 21.1. The van der Waals surface area contributed by atoms with Crippen molar-refractivity contribution >= 4 is 40.9 Å². The number of amides is 2. The summed E-state index contributed by atoms with van der Waals surface area (Å²) in [7, 11) is 0. The molecule has 0 bridgehead atoms. The fourth-order valence-electron chi connectivity index (χ4n) is 3.48. The minimum Gasteiger partial charge on any atom is -0.272 e. The number of hydrazine groups is 1. The van der Waals surface area contributed by atoms with Gasteiger partial charge in [-0.3, -0.25) is 30.6 Å². The van der Waals surface area contributed by atoms with Gasteiger partial charge in [0.05, 0.1) is 21.9 Å². The SMILES string of the molecule is N#Cc1c(-c2ccc(Cl)cc2)cc(-c2ccccc2)nc1SCC(=O)NNC(=O)c1cccc([N+](=O)[O-])c1. The maximum Gasteiger partial charge on any atom is 0.270 e. The summed E-state index contributed by atoms with van der Waals surface area (Å²) in [6.07, 6.45) is 0. The van der Waals surface area contributed by atoms with E-state index in [1.165, 1.54) is 18.2 Å². The van der Waals surface area contributed by atoms with Crippen molar-refractivity contribution < 1.29 is 14.5 Å². The van der Waals surface area contributed by atoms with Crippen molar-refractivity contribution in [3.8, 4) is 28.5 Å². The summed E-state index contributed by atoms with van der Waals surface area (Å²) in [6.45, 7) is 0. The Labute approximate surface area is 226 Å². The van der Waals surface area contributed by atoms with Crippen LogP contribution >= 0.6 is 23.4 Å². The minimum atomic E-state index is -0.709. The minimum absolute atomic E-state index is 0.0174. The lowest BCUT2D eigenvalue weighted by atomic mass is 9.99. The fraction of sp³-hybridized carbons (Fsp3) is 0.0370. The number of non-ortho nitro benzene ring substituents is 1. The number of nitro benzene ring substituents is 1. The van der Waals surface area contributed by atoms with Gasteiger partial charge in [0.2, 0.25) is 5.91 Å². The van der Waals surface area contributed by atoms with E-state index in [2.05, 4.69) is 21.9 Å². The summed E-state index contributed by atoms with van der Waals surface area (Å²) >= 11 is 7.08. The predicted molar refractivity (Wildman–Crippen MR) is 144 cm³/mol. The molecule has 4 aromatic rings. The van der Waals surface area contributed by atoms with Gasteiger partial charge in [-0.25, -0.2) is 4.98 Å². The number of hydrogen-bond acceptors (Lipinski definition) is 7. The van der Waals surface area contributed by atoms with Crippen LogP contribution in [0.4, 0.5) is 5.69 Å². The summed E-state index contributed by atoms with van der Waals surface area (Å²) in [5.41, 5.74) is 7.45. The number of nitriles is 1. The van der Waals surface area contributed by atoms with Gasteiger partial charge in [-0.2, -0.15) is 5.26 Å². The van der Waals surface area contributed by atoms with Gasteiger partial charge in [-0.05, 0) is 29.8 Å².